The van der Waals surface area contributed by atoms with E-state index in [1.165, 1.54) is 17.5 Å². The molecule has 2 heteroatoms. The molecular weight excluding hydrogens is 256 g/mol. The van der Waals surface area contributed by atoms with Gasteiger partial charge in [-0.05, 0) is 42.9 Å². The lowest BCUT2D eigenvalue weighted by atomic mass is 9.97. The van der Waals surface area contributed by atoms with Crippen LogP contribution in [0.25, 0.3) is 0 Å². The van der Waals surface area contributed by atoms with Gasteiger partial charge in [-0.3, -0.25) is 0 Å². The van der Waals surface area contributed by atoms with Gasteiger partial charge in [-0.25, -0.2) is 4.58 Å². The molecule has 2 nitrogen and oxygen atoms in total. The first-order chi connectivity index (χ1) is 10.2. The van der Waals surface area contributed by atoms with Gasteiger partial charge in [-0.2, -0.15) is 5.26 Å². The summed E-state index contributed by atoms with van der Waals surface area (Å²) in [6.45, 7) is 5.46. The number of unbranched alkanes of at least 4 members (excludes halogenated alkanes) is 1. The quantitative estimate of drug-likeness (QED) is 0.529. The number of hydrogen-bond donors (Lipinski definition) is 0. The lowest BCUT2D eigenvalue weighted by molar-refractivity contribution is -0.467. The number of nitriles is 1. The summed E-state index contributed by atoms with van der Waals surface area (Å²) in [5.74, 6) is 1.12. The topological polar surface area (TPSA) is 26.8 Å². The smallest absolute Gasteiger partial charge is 0.173 e. The Morgan fingerprint density at radius 2 is 2.24 bits per heavy atom. The van der Waals surface area contributed by atoms with E-state index in [1.807, 2.05) is 0 Å². The first kappa shape index (κ1) is 15.5. The highest BCUT2D eigenvalue weighted by Gasteiger charge is 2.16. The molecule has 0 bridgehead atoms. The summed E-state index contributed by atoms with van der Waals surface area (Å²) in [7, 11) is 0. The SMILES string of the molecule is CCC(C)c1cccc(C[N+]2=CC(CCCC#N)C=C2)c1. The molecule has 0 fully saturated rings. The molecule has 0 aromatic heterocycles. The maximum absolute atomic E-state index is 8.59. The molecule has 0 saturated heterocycles. The molecule has 21 heavy (non-hydrogen) atoms. The highest BCUT2D eigenvalue weighted by atomic mass is 15.0. The Bertz CT molecular complexity index is 563. The fourth-order valence-corrected chi connectivity index (χ4v) is 2.70. The second-order valence-electron chi connectivity index (χ2n) is 5.93. The molecule has 110 valence electrons. The molecule has 1 aliphatic rings. The molecule has 1 aliphatic heterocycles. The lowest BCUT2D eigenvalue weighted by Crippen LogP contribution is -2.06. The zero-order chi connectivity index (χ0) is 15.1. The van der Waals surface area contributed by atoms with Gasteiger partial charge in [0.05, 0.1) is 12.0 Å². The zero-order valence-corrected chi connectivity index (χ0v) is 13.1. The van der Waals surface area contributed by atoms with Crippen LogP contribution in [0.2, 0.25) is 0 Å². The third-order valence-electron chi connectivity index (χ3n) is 4.23. The van der Waals surface area contributed by atoms with Gasteiger partial charge < -0.3 is 0 Å². The standard InChI is InChI=1S/C19H25N2/c1-3-16(2)19-9-6-8-18(13-19)15-21-12-10-17(14-21)7-4-5-11-20/h6,8-10,12-14,16-17H,3-5,7,15H2,1-2H3/q+1. The van der Waals surface area contributed by atoms with Gasteiger partial charge in [0.25, 0.3) is 0 Å². The van der Waals surface area contributed by atoms with Gasteiger partial charge in [-0.1, -0.05) is 32.0 Å². The van der Waals surface area contributed by atoms with Crippen molar-refractivity contribution in [3.05, 3.63) is 47.7 Å². The van der Waals surface area contributed by atoms with E-state index in [9.17, 15) is 0 Å². The predicted molar refractivity (Wildman–Crippen MR) is 87.3 cm³/mol. The van der Waals surface area contributed by atoms with Crippen molar-refractivity contribution in [1.82, 2.24) is 0 Å². The Kier molecular flexibility index (Phi) is 5.75. The molecular formula is C19H25N2+. The number of hydrogen-bond acceptors (Lipinski definition) is 1. The molecule has 0 spiro atoms. The minimum Gasteiger partial charge on any atom is -0.204 e. The first-order valence-corrected chi connectivity index (χ1v) is 7.97. The van der Waals surface area contributed by atoms with Crippen LogP contribution in [0.1, 0.15) is 56.6 Å². The van der Waals surface area contributed by atoms with Crippen LogP contribution in [0, 0.1) is 17.2 Å². The Balaban J connectivity index is 1.95. The van der Waals surface area contributed by atoms with Gasteiger partial charge >= 0.3 is 0 Å². The van der Waals surface area contributed by atoms with Crippen molar-refractivity contribution >= 4 is 6.21 Å². The number of allylic oxidation sites excluding steroid dienone is 1. The maximum Gasteiger partial charge on any atom is 0.173 e. The highest BCUT2D eigenvalue weighted by Crippen LogP contribution is 2.20. The Hall–Kier alpha value is -1.88. The van der Waals surface area contributed by atoms with E-state index in [0.29, 0.717) is 18.3 Å². The van der Waals surface area contributed by atoms with Crippen molar-refractivity contribution in [1.29, 1.82) is 5.26 Å². The molecule has 0 saturated carbocycles. The number of rotatable bonds is 7. The van der Waals surface area contributed by atoms with E-state index < -0.39 is 0 Å². The molecule has 0 N–H and O–H groups in total. The van der Waals surface area contributed by atoms with Crippen LogP contribution in [-0.4, -0.2) is 10.8 Å². The predicted octanol–water partition coefficient (Wildman–Crippen LogP) is 4.62. The first-order valence-electron chi connectivity index (χ1n) is 7.97. The van der Waals surface area contributed by atoms with Gasteiger partial charge in [0.15, 0.2) is 19.0 Å². The van der Waals surface area contributed by atoms with Crippen molar-refractivity contribution < 1.29 is 4.58 Å². The summed E-state index contributed by atoms with van der Waals surface area (Å²) in [5.41, 5.74) is 2.80. The number of benzene rings is 1. The molecule has 2 atom stereocenters. The average Bonchev–Trinajstić information content (AvgIpc) is 2.94. The van der Waals surface area contributed by atoms with Crippen molar-refractivity contribution in [2.24, 2.45) is 5.92 Å². The normalized spacial score (nSPS) is 18.3. The molecule has 0 amide bonds. The summed E-state index contributed by atoms with van der Waals surface area (Å²) in [5, 5.41) is 8.59. The molecule has 1 aromatic rings. The summed E-state index contributed by atoms with van der Waals surface area (Å²) < 4.78 is 2.27. The fraction of sp³-hybridized carbons (Fsp3) is 0.474. The summed E-state index contributed by atoms with van der Waals surface area (Å²) in [6, 6.07) is 11.1. The van der Waals surface area contributed by atoms with E-state index in [2.05, 4.69) is 67.2 Å². The molecule has 2 unspecified atom stereocenters. The third-order valence-corrected chi connectivity index (χ3v) is 4.23. The van der Waals surface area contributed by atoms with Crippen LogP contribution in [0.4, 0.5) is 0 Å². The van der Waals surface area contributed by atoms with Gasteiger partial charge in [-0.15, -0.1) is 0 Å². The van der Waals surface area contributed by atoms with E-state index in [1.54, 1.807) is 0 Å². The maximum atomic E-state index is 8.59. The van der Waals surface area contributed by atoms with Crippen LogP contribution in [-0.2, 0) is 6.54 Å². The summed E-state index contributed by atoms with van der Waals surface area (Å²) in [6.07, 6.45) is 10.6. The fourth-order valence-electron chi connectivity index (χ4n) is 2.70. The summed E-state index contributed by atoms with van der Waals surface area (Å²) in [4.78, 5) is 0. The minimum atomic E-state index is 0.496. The van der Waals surface area contributed by atoms with E-state index in [0.717, 1.165) is 19.4 Å². The van der Waals surface area contributed by atoms with Crippen molar-refractivity contribution in [2.45, 2.75) is 52.0 Å². The highest BCUT2D eigenvalue weighted by molar-refractivity contribution is 5.60. The van der Waals surface area contributed by atoms with Crippen LogP contribution in [0.15, 0.2) is 36.5 Å². The second kappa shape index (κ2) is 7.78. The van der Waals surface area contributed by atoms with Crippen LogP contribution < -0.4 is 0 Å². The van der Waals surface area contributed by atoms with Gasteiger partial charge in [0, 0.05) is 12.0 Å². The summed E-state index contributed by atoms with van der Waals surface area (Å²) >= 11 is 0. The molecule has 1 aromatic carbocycles. The second-order valence-corrected chi connectivity index (χ2v) is 5.93. The number of nitrogens with zero attached hydrogens (tertiary/aromatic N) is 2. The van der Waals surface area contributed by atoms with Crippen molar-refractivity contribution in [2.75, 3.05) is 0 Å². The molecule has 2 rings (SSSR count). The van der Waals surface area contributed by atoms with E-state index in [-0.39, 0.29) is 0 Å². The van der Waals surface area contributed by atoms with Crippen LogP contribution in [0.3, 0.4) is 0 Å². The monoisotopic (exact) mass is 281 g/mol. The van der Waals surface area contributed by atoms with Gasteiger partial charge in [0.2, 0.25) is 0 Å². The van der Waals surface area contributed by atoms with Crippen LogP contribution in [0.5, 0.6) is 0 Å². The van der Waals surface area contributed by atoms with E-state index in [4.69, 9.17) is 5.26 Å². The van der Waals surface area contributed by atoms with Crippen LogP contribution >= 0.6 is 0 Å². The van der Waals surface area contributed by atoms with Crippen molar-refractivity contribution in [3.63, 3.8) is 0 Å². The zero-order valence-electron chi connectivity index (χ0n) is 13.1. The Morgan fingerprint density at radius 3 is 3.00 bits per heavy atom. The van der Waals surface area contributed by atoms with E-state index >= 15 is 0 Å². The molecule has 1 heterocycles. The molecule has 0 radical (unpaired) electrons. The third kappa shape index (κ3) is 4.56. The lowest BCUT2D eigenvalue weighted by Gasteiger charge is -2.09. The molecule has 0 aliphatic carbocycles. The van der Waals surface area contributed by atoms with Crippen molar-refractivity contribution in [3.8, 4) is 6.07 Å². The minimum absolute atomic E-state index is 0.496. The van der Waals surface area contributed by atoms with Gasteiger partial charge in [0.1, 0.15) is 0 Å². The Morgan fingerprint density at radius 1 is 1.38 bits per heavy atom. The Labute approximate surface area is 128 Å². The average molecular weight is 281 g/mol. The largest absolute Gasteiger partial charge is 0.204 e.